The van der Waals surface area contributed by atoms with Crippen molar-refractivity contribution in [3.05, 3.63) is 0 Å². The Morgan fingerprint density at radius 1 is 0.722 bits per heavy atom. The molecule has 0 spiro atoms. The lowest BCUT2D eigenvalue weighted by atomic mass is 9.48. The predicted molar refractivity (Wildman–Crippen MR) is 88.2 cm³/mol. The number of hydrogen-bond acceptors (Lipinski definition) is 0. The van der Waals surface area contributed by atoms with E-state index in [9.17, 15) is 0 Å². The summed E-state index contributed by atoms with van der Waals surface area (Å²) in [6.45, 7) is 12.0. The predicted octanol–water partition coefficient (Wildman–Crippen LogP) is 5.77. The Kier molecular flexibility index (Phi) is 9.08. The van der Waals surface area contributed by atoms with Gasteiger partial charge in [-0.25, -0.2) is 0 Å². The fourth-order valence-electron chi connectivity index (χ4n) is 3.34. The van der Waals surface area contributed by atoms with Gasteiger partial charge in [0.25, 0.3) is 0 Å². The van der Waals surface area contributed by atoms with Gasteiger partial charge in [0.05, 0.1) is 0 Å². The van der Waals surface area contributed by atoms with Crippen LogP contribution in [0.3, 0.4) is 0 Å². The van der Waals surface area contributed by atoms with E-state index >= 15 is 0 Å². The van der Waals surface area contributed by atoms with Crippen LogP contribution in [0.25, 0.3) is 0 Å². The van der Waals surface area contributed by atoms with Crippen LogP contribution in [-0.4, -0.2) is 7.85 Å². The van der Waals surface area contributed by atoms with Crippen molar-refractivity contribution in [2.45, 2.75) is 104 Å². The third kappa shape index (κ3) is 4.98. The quantitative estimate of drug-likeness (QED) is 0.323. The van der Waals surface area contributed by atoms with Crippen molar-refractivity contribution in [3.63, 3.8) is 0 Å². The van der Waals surface area contributed by atoms with Crippen LogP contribution in [0.1, 0.15) is 98.8 Å². The molecule has 1 atom stereocenters. The van der Waals surface area contributed by atoms with Crippen molar-refractivity contribution in [3.8, 4) is 0 Å². The van der Waals surface area contributed by atoms with Crippen LogP contribution in [-0.2, 0) is 0 Å². The van der Waals surface area contributed by atoms with Gasteiger partial charge < -0.3 is 0 Å². The van der Waals surface area contributed by atoms with Gasteiger partial charge in [-0.15, -0.1) is 0 Å². The van der Waals surface area contributed by atoms with Crippen molar-refractivity contribution >= 4 is 7.85 Å². The molecule has 0 aromatic rings. The van der Waals surface area contributed by atoms with E-state index in [0.29, 0.717) is 10.7 Å². The molecule has 0 bridgehead atoms. The zero-order valence-electron chi connectivity index (χ0n) is 14.1. The molecule has 0 saturated carbocycles. The van der Waals surface area contributed by atoms with Gasteiger partial charge in [0.1, 0.15) is 7.85 Å². The summed E-state index contributed by atoms with van der Waals surface area (Å²) in [7, 11) is 2.53. The lowest BCUT2D eigenvalue weighted by Gasteiger charge is -2.47. The molecule has 0 amide bonds. The number of unbranched alkanes of at least 4 members (excludes halogenated alkanes) is 4. The molecule has 0 saturated heterocycles. The van der Waals surface area contributed by atoms with Crippen LogP contribution in [0, 0.1) is 5.41 Å². The van der Waals surface area contributed by atoms with Crippen LogP contribution >= 0.6 is 0 Å². The summed E-state index contributed by atoms with van der Waals surface area (Å²) in [5.41, 5.74) is 0.556. The number of rotatable bonds is 11. The van der Waals surface area contributed by atoms with Gasteiger partial charge in [-0.1, -0.05) is 91.3 Å². The summed E-state index contributed by atoms with van der Waals surface area (Å²) in [4.78, 5) is 0. The van der Waals surface area contributed by atoms with Gasteiger partial charge in [0.15, 0.2) is 0 Å². The average molecular weight is 252 g/mol. The van der Waals surface area contributed by atoms with Crippen LogP contribution in [0.15, 0.2) is 0 Å². The SMILES string of the molecule is BC(CC)(CC)C(C)(CCCC)CCCCCC. The first-order chi connectivity index (χ1) is 8.49. The van der Waals surface area contributed by atoms with Crippen molar-refractivity contribution in [2.24, 2.45) is 5.41 Å². The lowest BCUT2D eigenvalue weighted by molar-refractivity contribution is 0.150. The van der Waals surface area contributed by atoms with E-state index in [1.165, 1.54) is 64.2 Å². The smallest absolute Gasteiger partial charge is 0.0655 e. The zero-order valence-corrected chi connectivity index (χ0v) is 14.1. The fraction of sp³-hybridized carbons (Fsp3) is 1.00. The maximum absolute atomic E-state index is 2.57. The monoisotopic (exact) mass is 252 g/mol. The Balaban J connectivity index is 4.59. The van der Waals surface area contributed by atoms with Gasteiger partial charge in [-0.3, -0.25) is 0 Å². The standard InChI is InChI=1S/C17H37B/c1-6-10-12-13-15-16(5,14-11-7-2)17(18,8-3)9-4/h6-15,18H2,1-5H3. The first-order valence-electron chi connectivity index (χ1n) is 8.49. The zero-order chi connectivity index (χ0) is 14.1. The summed E-state index contributed by atoms with van der Waals surface area (Å²) in [5, 5.41) is 0.536. The van der Waals surface area contributed by atoms with E-state index in [0.717, 1.165) is 0 Å². The van der Waals surface area contributed by atoms with Gasteiger partial charge in [0, 0.05) is 0 Å². The van der Waals surface area contributed by atoms with Gasteiger partial charge in [0.2, 0.25) is 0 Å². The largest absolute Gasteiger partial charge is 0.110 e. The highest BCUT2D eigenvalue weighted by Crippen LogP contribution is 2.54. The molecule has 1 heteroatoms. The van der Waals surface area contributed by atoms with Crippen LogP contribution in [0.4, 0.5) is 0 Å². The second-order valence-electron chi connectivity index (χ2n) is 6.74. The van der Waals surface area contributed by atoms with Gasteiger partial charge in [-0.05, 0) is 18.3 Å². The molecule has 0 aliphatic heterocycles. The summed E-state index contributed by atoms with van der Waals surface area (Å²) >= 11 is 0. The Labute approximate surface area is 118 Å². The first kappa shape index (κ1) is 18.1. The van der Waals surface area contributed by atoms with E-state index in [1.54, 1.807) is 0 Å². The fourth-order valence-corrected chi connectivity index (χ4v) is 3.34. The molecular weight excluding hydrogens is 215 g/mol. The first-order valence-corrected chi connectivity index (χ1v) is 8.49. The summed E-state index contributed by atoms with van der Waals surface area (Å²) in [6, 6.07) is 0. The maximum Gasteiger partial charge on any atom is 0.110 e. The molecule has 0 aromatic carbocycles. The van der Waals surface area contributed by atoms with E-state index in [2.05, 4.69) is 42.5 Å². The highest BCUT2D eigenvalue weighted by molar-refractivity contribution is 6.15. The summed E-state index contributed by atoms with van der Waals surface area (Å²) < 4.78 is 0. The Hall–Kier alpha value is 0.0649. The molecule has 0 radical (unpaired) electrons. The molecule has 0 fully saturated rings. The third-order valence-electron chi connectivity index (χ3n) is 5.68. The highest BCUT2D eigenvalue weighted by atomic mass is 14.4. The molecule has 0 nitrogen and oxygen atoms in total. The minimum atomic E-state index is 0.536. The summed E-state index contributed by atoms with van der Waals surface area (Å²) in [6.07, 6.45) is 13.9. The highest BCUT2D eigenvalue weighted by Gasteiger charge is 2.40. The molecule has 0 aromatic heterocycles. The second kappa shape index (κ2) is 9.05. The Morgan fingerprint density at radius 3 is 1.67 bits per heavy atom. The Morgan fingerprint density at radius 2 is 1.22 bits per heavy atom. The maximum atomic E-state index is 2.57. The van der Waals surface area contributed by atoms with Crippen molar-refractivity contribution in [2.75, 3.05) is 0 Å². The average Bonchev–Trinajstić information content (AvgIpc) is 2.40. The normalized spacial score (nSPS) is 15.6. The number of hydrogen-bond donors (Lipinski definition) is 0. The van der Waals surface area contributed by atoms with Crippen molar-refractivity contribution in [1.29, 1.82) is 0 Å². The Bertz CT molecular complexity index is 196. The second-order valence-corrected chi connectivity index (χ2v) is 6.74. The lowest BCUT2D eigenvalue weighted by Crippen LogP contribution is -2.34. The van der Waals surface area contributed by atoms with Crippen molar-refractivity contribution in [1.82, 2.24) is 0 Å². The van der Waals surface area contributed by atoms with E-state index in [-0.39, 0.29) is 0 Å². The van der Waals surface area contributed by atoms with E-state index in [1.807, 2.05) is 0 Å². The molecule has 18 heavy (non-hydrogen) atoms. The molecule has 1 unspecified atom stereocenters. The van der Waals surface area contributed by atoms with Crippen molar-refractivity contribution < 1.29 is 0 Å². The molecule has 0 aliphatic carbocycles. The topological polar surface area (TPSA) is 0 Å². The molecule has 0 aliphatic rings. The molecular formula is C17H37B. The van der Waals surface area contributed by atoms with Crippen LogP contribution < -0.4 is 0 Å². The third-order valence-corrected chi connectivity index (χ3v) is 5.68. The molecule has 0 heterocycles. The van der Waals surface area contributed by atoms with Gasteiger partial charge in [-0.2, -0.15) is 0 Å². The van der Waals surface area contributed by atoms with E-state index in [4.69, 9.17) is 0 Å². The van der Waals surface area contributed by atoms with Gasteiger partial charge >= 0.3 is 0 Å². The van der Waals surface area contributed by atoms with E-state index < -0.39 is 0 Å². The molecule has 0 rings (SSSR count). The minimum Gasteiger partial charge on any atom is -0.0655 e. The molecule has 108 valence electrons. The molecule has 0 N–H and O–H groups in total. The minimum absolute atomic E-state index is 0.536. The summed E-state index contributed by atoms with van der Waals surface area (Å²) in [5.74, 6) is 0. The van der Waals surface area contributed by atoms with Crippen LogP contribution in [0.2, 0.25) is 5.31 Å². The van der Waals surface area contributed by atoms with Crippen LogP contribution in [0.5, 0.6) is 0 Å².